The Labute approximate surface area is 203 Å². The average Bonchev–Trinajstić information content (AvgIpc) is 3.21. The number of benzene rings is 2. The lowest BCUT2D eigenvalue weighted by Crippen LogP contribution is -2.28. The van der Waals surface area contributed by atoms with Crippen LogP contribution in [0.2, 0.25) is 10.0 Å². The van der Waals surface area contributed by atoms with E-state index in [9.17, 15) is 40.3 Å². The highest BCUT2D eigenvalue weighted by molar-refractivity contribution is 6.35. The number of halogens is 9. The van der Waals surface area contributed by atoms with Gasteiger partial charge in [-0.15, -0.1) is 0 Å². The molecule has 2 aromatic rings. The van der Waals surface area contributed by atoms with Crippen molar-refractivity contribution < 1.29 is 45.1 Å². The molecule has 13 heteroatoms. The van der Waals surface area contributed by atoms with Crippen molar-refractivity contribution >= 4 is 40.5 Å². The molecule has 1 aliphatic rings. The third-order valence-electron chi connectivity index (χ3n) is 4.92. The maximum Gasteiger partial charge on any atom is 0.417 e. The summed E-state index contributed by atoms with van der Waals surface area (Å²) in [6.07, 6.45) is -10.9. The monoisotopic (exact) mass is 543 g/mol. The number of nitrogens with one attached hydrogen (secondary N) is 1. The zero-order chi connectivity index (χ0) is 26.1. The van der Waals surface area contributed by atoms with Gasteiger partial charge in [-0.2, -0.15) is 26.3 Å². The molecule has 0 saturated heterocycles. The molecule has 1 heterocycles. The van der Waals surface area contributed by atoms with E-state index in [2.05, 4.69) is 5.32 Å². The van der Waals surface area contributed by atoms with Crippen molar-refractivity contribution in [1.29, 1.82) is 0 Å². The summed E-state index contributed by atoms with van der Waals surface area (Å²) in [6.45, 7) is -0.274. The Kier molecular flexibility index (Phi) is 7.71. The van der Waals surface area contributed by atoms with Crippen LogP contribution in [-0.2, 0) is 17.8 Å². The number of amides is 1. The molecule has 0 radical (unpaired) electrons. The Morgan fingerprint density at radius 3 is 2.26 bits per heavy atom. The van der Waals surface area contributed by atoms with Crippen molar-refractivity contribution in [2.75, 3.05) is 6.61 Å². The number of fused-ring (bicyclic) bond motifs is 1. The number of ether oxygens (including phenoxy) is 1. The van der Waals surface area contributed by atoms with Gasteiger partial charge in [-0.05, 0) is 23.8 Å². The predicted molar refractivity (Wildman–Crippen MR) is 113 cm³/mol. The fourth-order valence-electron chi connectivity index (χ4n) is 3.42. The molecule has 188 valence electrons. The molecule has 0 unspecified atom stereocenters. The van der Waals surface area contributed by atoms with Crippen LogP contribution < -0.4 is 10.1 Å². The Bertz CT molecular complexity index is 1180. The minimum absolute atomic E-state index is 0.0716. The van der Waals surface area contributed by atoms with E-state index in [0.29, 0.717) is 18.2 Å². The second-order valence-corrected chi connectivity index (χ2v) is 8.24. The molecule has 3 rings (SSSR count). The smallest absolute Gasteiger partial charge is 0.417 e. The summed E-state index contributed by atoms with van der Waals surface area (Å²) in [4.78, 5) is 24.3. The number of ketones is 1. The van der Waals surface area contributed by atoms with Gasteiger partial charge in [-0.3, -0.25) is 9.59 Å². The number of hydrogen-bond acceptors (Lipinski definition) is 3. The maximum atomic E-state index is 13.7. The first-order chi connectivity index (χ1) is 16.2. The zero-order valence-electron chi connectivity index (χ0n) is 17.3. The Balaban J connectivity index is 1.94. The zero-order valence-corrected chi connectivity index (χ0v) is 18.9. The first-order valence-corrected chi connectivity index (χ1v) is 10.5. The molecular weight excluding hydrogens is 530 g/mol. The van der Waals surface area contributed by atoms with E-state index in [1.807, 2.05) is 0 Å². The van der Waals surface area contributed by atoms with Crippen LogP contribution >= 0.6 is 23.2 Å². The van der Waals surface area contributed by atoms with Crippen LogP contribution in [0.1, 0.15) is 33.5 Å². The molecule has 0 bridgehead atoms. The van der Waals surface area contributed by atoms with Crippen molar-refractivity contribution in [3.05, 3.63) is 68.5 Å². The lowest BCUT2D eigenvalue weighted by atomic mass is 9.95. The summed E-state index contributed by atoms with van der Waals surface area (Å²) in [6, 6.07) is 3.83. The lowest BCUT2D eigenvalue weighted by molar-refractivity contribution is -0.153. The van der Waals surface area contributed by atoms with Gasteiger partial charge in [-0.1, -0.05) is 35.3 Å². The molecule has 35 heavy (non-hydrogen) atoms. The molecule has 0 spiro atoms. The first kappa shape index (κ1) is 26.8. The molecule has 1 amide bonds. The fourth-order valence-corrected chi connectivity index (χ4v) is 3.90. The lowest BCUT2D eigenvalue weighted by Gasteiger charge is -2.15. The minimum Gasteiger partial charge on any atom is -0.493 e. The molecule has 0 aliphatic carbocycles. The van der Waals surface area contributed by atoms with Crippen molar-refractivity contribution in [2.45, 2.75) is 31.7 Å². The SMILES string of the molecule is O=C(CC(F)(F)F)NCc1ccc(C(=O)/C=C(\c2cc(Cl)c(F)c(Cl)c2)C(F)(F)F)c2c1OCC2. The highest BCUT2D eigenvalue weighted by Crippen LogP contribution is 2.39. The molecule has 2 aromatic carbocycles. The molecular formula is C22H14Cl2F7NO3. The van der Waals surface area contributed by atoms with Gasteiger partial charge in [0.1, 0.15) is 12.2 Å². The Morgan fingerprint density at radius 1 is 1.06 bits per heavy atom. The second kappa shape index (κ2) is 10.1. The van der Waals surface area contributed by atoms with E-state index < -0.39 is 57.5 Å². The minimum atomic E-state index is -5.03. The molecule has 4 nitrogen and oxygen atoms in total. The van der Waals surface area contributed by atoms with Crippen molar-refractivity contribution in [2.24, 2.45) is 0 Å². The number of carbonyl (C=O) groups excluding carboxylic acids is 2. The molecule has 0 fully saturated rings. The van der Waals surface area contributed by atoms with Gasteiger partial charge in [-0.25, -0.2) is 4.39 Å². The second-order valence-electron chi connectivity index (χ2n) is 7.42. The third kappa shape index (κ3) is 6.46. The van der Waals surface area contributed by atoms with Crippen LogP contribution in [0.4, 0.5) is 30.7 Å². The summed E-state index contributed by atoms with van der Waals surface area (Å²) in [5.41, 5.74) is -1.68. The van der Waals surface area contributed by atoms with Gasteiger partial charge in [0.15, 0.2) is 11.6 Å². The van der Waals surface area contributed by atoms with E-state index in [0.717, 1.165) is 0 Å². The van der Waals surface area contributed by atoms with E-state index in [-0.39, 0.29) is 42.0 Å². The van der Waals surface area contributed by atoms with E-state index in [4.69, 9.17) is 27.9 Å². The van der Waals surface area contributed by atoms with Crippen LogP contribution in [0.3, 0.4) is 0 Å². The number of rotatable bonds is 6. The van der Waals surface area contributed by atoms with Crippen molar-refractivity contribution in [3.8, 4) is 5.75 Å². The standard InChI is InChI=1S/C22H14Cl2F7NO3/c23-15-5-11(6-16(24)19(15)25)14(22(29,30)31)7-17(33)12-2-1-10(20-13(12)3-4-35-20)9-32-18(34)8-21(26,27)28/h1-2,5-7H,3-4,8-9H2,(H,32,34)/b14-7+. The summed E-state index contributed by atoms with van der Waals surface area (Å²) >= 11 is 11.2. The number of carbonyl (C=O) groups is 2. The largest absolute Gasteiger partial charge is 0.493 e. The van der Waals surface area contributed by atoms with Crippen LogP contribution in [0, 0.1) is 5.82 Å². The molecule has 0 atom stereocenters. The van der Waals surface area contributed by atoms with Gasteiger partial charge < -0.3 is 10.1 Å². The molecule has 1 N–H and O–H groups in total. The van der Waals surface area contributed by atoms with Crippen LogP contribution in [0.25, 0.3) is 5.57 Å². The van der Waals surface area contributed by atoms with Crippen molar-refractivity contribution in [1.82, 2.24) is 5.32 Å². The van der Waals surface area contributed by atoms with Gasteiger partial charge in [0, 0.05) is 29.7 Å². The van der Waals surface area contributed by atoms with E-state index in [1.165, 1.54) is 12.1 Å². The van der Waals surface area contributed by atoms with E-state index >= 15 is 0 Å². The topological polar surface area (TPSA) is 55.4 Å². The van der Waals surface area contributed by atoms with E-state index in [1.54, 1.807) is 0 Å². The number of alkyl halides is 6. The summed E-state index contributed by atoms with van der Waals surface area (Å²) < 4.78 is 97.2. The molecule has 1 aliphatic heterocycles. The maximum absolute atomic E-state index is 13.7. The van der Waals surface area contributed by atoms with Gasteiger partial charge in [0.25, 0.3) is 0 Å². The Morgan fingerprint density at radius 2 is 1.69 bits per heavy atom. The summed E-state index contributed by atoms with van der Waals surface area (Å²) in [5.74, 6) is -3.35. The van der Waals surface area contributed by atoms with Crippen LogP contribution in [0.5, 0.6) is 5.75 Å². The third-order valence-corrected chi connectivity index (χ3v) is 5.47. The van der Waals surface area contributed by atoms with Crippen LogP contribution in [-0.4, -0.2) is 30.6 Å². The number of allylic oxidation sites excluding steroid dienone is 2. The average molecular weight is 544 g/mol. The van der Waals surface area contributed by atoms with Crippen molar-refractivity contribution in [3.63, 3.8) is 0 Å². The summed E-state index contributed by atoms with van der Waals surface area (Å²) in [7, 11) is 0. The molecule has 0 aromatic heterocycles. The first-order valence-electron chi connectivity index (χ1n) is 9.76. The summed E-state index contributed by atoms with van der Waals surface area (Å²) in [5, 5.41) is 0.752. The van der Waals surface area contributed by atoms with Crippen LogP contribution in [0.15, 0.2) is 30.3 Å². The normalized spacial score (nSPS) is 13.9. The highest BCUT2D eigenvalue weighted by Gasteiger charge is 2.37. The molecule has 0 saturated carbocycles. The highest BCUT2D eigenvalue weighted by atomic mass is 35.5. The fraction of sp³-hybridized carbons (Fsp3) is 0.273. The van der Waals surface area contributed by atoms with Gasteiger partial charge in [0.2, 0.25) is 5.91 Å². The predicted octanol–water partition coefficient (Wildman–Crippen LogP) is 6.46. The Hall–Kier alpha value is -2.79. The van der Waals surface area contributed by atoms with Gasteiger partial charge >= 0.3 is 12.4 Å². The quantitative estimate of drug-likeness (QED) is 0.197. The van der Waals surface area contributed by atoms with Gasteiger partial charge in [0.05, 0.1) is 22.2 Å². The number of hydrogen-bond donors (Lipinski definition) is 1.